The van der Waals surface area contributed by atoms with E-state index in [9.17, 15) is 12.8 Å². The predicted molar refractivity (Wildman–Crippen MR) is 73.7 cm³/mol. The second kappa shape index (κ2) is 5.66. The first-order valence-electron chi connectivity index (χ1n) is 6.23. The first kappa shape index (κ1) is 14.6. The number of amidine groups is 1. The molecule has 0 bridgehead atoms. The minimum atomic E-state index is -3.60. The SMILES string of the molecule is N/C(=N/O)c1c(F)cccc1NS(=O)(=O)C1CCCC1. The van der Waals surface area contributed by atoms with Crippen molar-refractivity contribution in [3.63, 3.8) is 0 Å². The van der Waals surface area contributed by atoms with Gasteiger partial charge in [-0.25, -0.2) is 12.8 Å². The summed E-state index contributed by atoms with van der Waals surface area (Å²) in [5.74, 6) is -1.24. The maximum absolute atomic E-state index is 13.7. The minimum Gasteiger partial charge on any atom is -0.409 e. The highest BCUT2D eigenvalue weighted by Crippen LogP contribution is 2.28. The molecule has 110 valence electrons. The molecule has 0 radical (unpaired) electrons. The minimum absolute atomic E-state index is 0.0211. The smallest absolute Gasteiger partial charge is 0.235 e. The van der Waals surface area contributed by atoms with Gasteiger partial charge in [0, 0.05) is 0 Å². The van der Waals surface area contributed by atoms with Crippen LogP contribution in [0, 0.1) is 5.82 Å². The number of nitrogens with one attached hydrogen (secondary N) is 1. The lowest BCUT2D eigenvalue weighted by Crippen LogP contribution is -2.27. The summed E-state index contributed by atoms with van der Waals surface area (Å²) in [4.78, 5) is 0. The summed E-state index contributed by atoms with van der Waals surface area (Å²) >= 11 is 0. The predicted octanol–water partition coefficient (Wildman–Crippen LogP) is 1.60. The Hall–Kier alpha value is -1.83. The van der Waals surface area contributed by atoms with Gasteiger partial charge in [-0.05, 0) is 25.0 Å². The Kier molecular flexibility index (Phi) is 4.12. The molecule has 1 saturated carbocycles. The Morgan fingerprint density at radius 3 is 2.65 bits per heavy atom. The van der Waals surface area contributed by atoms with E-state index in [0.29, 0.717) is 12.8 Å². The summed E-state index contributed by atoms with van der Waals surface area (Å²) in [6.07, 6.45) is 2.90. The molecule has 0 unspecified atom stereocenters. The molecule has 8 heteroatoms. The lowest BCUT2D eigenvalue weighted by atomic mass is 10.1. The molecule has 2 rings (SSSR count). The molecule has 0 amide bonds. The van der Waals surface area contributed by atoms with E-state index in [2.05, 4.69) is 9.88 Å². The van der Waals surface area contributed by atoms with Gasteiger partial charge in [0.25, 0.3) is 0 Å². The molecule has 0 aliphatic heterocycles. The molecule has 1 aromatic carbocycles. The van der Waals surface area contributed by atoms with Crippen LogP contribution in [0.3, 0.4) is 0 Å². The van der Waals surface area contributed by atoms with Crippen LogP contribution in [0.4, 0.5) is 10.1 Å². The fraction of sp³-hybridized carbons (Fsp3) is 0.417. The van der Waals surface area contributed by atoms with Crippen molar-refractivity contribution in [2.24, 2.45) is 10.9 Å². The normalized spacial score (nSPS) is 17.4. The van der Waals surface area contributed by atoms with Gasteiger partial charge >= 0.3 is 0 Å². The number of rotatable bonds is 4. The highest BCUT2D eigenvalue weighted by molar-refractivity contribution is 7.93. The van der Waals surface area contributed by atoms with Crippen LogP contribution >= 0.6 is 0 Å². The Morgan fingerprint density at radius 1 is 1.40 bits per heavy atom. The van der Waals surface area contributed by atoms with Gasteiger partial charge in [0.2, 0.25) is 10.0 Å². The molecule has 0 atom stereocenters. The van der Waals surface area contributed by atoms with E-state index in [1.165, 1.54) is 12.1 Å². The lowest BCUT2D eigenvalue weighted by molar-refractivity contribution is 0.318. The summed E-state index contributed by atoms with van der Waals surface area (Å²) < 4.78 is 40.5. The molecule has 0 saturated heterocycles. The molecule has 0 aromatic heterocycles. The zero-order chi connectivity index (χ0) is 14.8. The van der Waals surface area contributed by atoms with Crippen molar-refractivity contribution in [2.45, 2.75) is 30.9 Å². The lowest BCUT2D eigenvalue weighted by Gasteiger charge is -2.16. The molecular weight excluding hydrogens is 285 g/mol. The van der Waals surface area contributed by atoms with Crippen molar-refractivity contribution in [3.8, 4) is 0 Å². The third-order valence-corrected chi connectivity index (χ3v) is 5.22. The van der Waals surface area contributed by atoms with Gasteiger partial charge in [-0.3, -0.25) is 4.72 Å². The summed E-state index contributed by atoms with van der Waals surface area (Å²) in [6.45, 7) is 0. The van der Waals surface area contributed by atoms with Crippen LogP contribution in [0.1, 0.15) is 31.2 Å². The largest absolute Gasteiger partial charge is 0.409 e. The third kappa shape index (κ3) is 2.84. The summed E-state index contributed by atoms with van der Waals surface area (Å²) in [7, 11) is -3.60. The van der Waals surface area contributed by atoms with Crippen molar-refractivity contribution < 1.29 is 18.0 Å². The van der Waals surface area contributed by atoms with Crippen LogP contribution in [-0.4, -0.2) is 24.7 Å². The standard InChI is InChI=1S/C12H16FN3O3S/c13-9-6-3-7-10(11(9)12(14)15-17)16-20(18,19)8-4-1-2-5-8/h3,6-8,16-17H,1-2,4-5H2,(H2,14,15). The second-order valence-electron chi connectivity index (χ2n) is 4.70. The van der Waals surface area contributed by atoms with E-state index in [4.69, 9.17) is 10.9 Å². The van der Waals surface area contributed by atoms with Crippen molar-refractivity contribution in [3.05, 3.63) is 29.6 Å². The van der Waals surface area contributed by atoms with Gasteiger partial charge in [-0.15, -0.1) is 0 Å². The number of anilines is 1. The Bertz CT molecular complexity index is 625. The van der Waals surface area contributed by atoms with Gasteiger partial charge in [0.1, 0.15) is 5.82 Å². The third-order valence-electron chi connectivity index (χ3n) is 3.37. The number of halogens is 1. The first-order chi connectivity index (χ1) is 9.45. The van der Waals surface area contributed by atoms with Crippen molar-refractivity contribution in [2.75, 3.05) is 4.72 Å². The summed E-state index contributed by atoms with van der Waals surface area (Å²) in [5, 5.41) is 10.9. The molecule has 6 nitrogen and oxygen atoms in total. The maximum atomic E-state index is 13.7. The second-order valence-corrected chi connectivity index (χ2v) is 6.66. The summed E-state index contributed by atoms with van der Waals surface area (Å²) in [6, 6.07) is 3.85. The van der Waals surface area contributed by atoms with E-state index in [-0.39, 0.29) is 11.3 Å². The van der Waals surface area contributed by atoms with Gasteiger partial charge in [0.05, 0.1) is 16.5 Å². The van der Waals surface area contributed by atoms with E-state index < -0.39 is 26.9 Å². The Labute approximate surface area is 116 Å². The highest BCUT2D eigenvalue weighted by Gasteiger charge is 2.29. The number of nitrogens with two attached hydrogens (primary N) is 1. The van der Waals surface area contributed by atoms with E-state index >= 15 is 0 Å². The number of sulfonamides is 1. The highest BCUT2D eigenvalue weighted by atomic mass is 32.2. The fourth-order valence-electron chi connectivity index (χ4n) is 2.35. The molecule has 1 aromatic rings. The quantitative estimate of drug-likeness (QED) is 0.340. The van der Waals surface area contributed by atoms with E-state index in [1.54, 1.807) is 0 Å². The van der Waals surface area contributed by atoms with E-state index in [1.807, 2.05) is 0 Å². The van der Waals surface area contributed by atoms with Crippen molar-refractivity contribution in [1.29, 1.82) is 0 Å². The van der Waals surface area contributed by atoms with Crippen LogP contribution < -0.4 is 10.5 Å². The van der Waals surface area contributed by atoms with Crippen LogP contribution in [-0.2, 0) is 10.0 Å². The molecule has 1 aliphatic rings. The monoisotopic (exact) mass is 301 g/mol. The van der Waals surface area contributed by atoms with Crippen molar-refractivity contribution in [1.82, 2.24) is 0 Å². The van der Waals surface area contributed by atoms with Gasteiger partial charge in [-0.2, -0.15) is 0 Å². The Balaban J connectivity index is 2.36. The van der Waals surface area contributed by atoms with Crippen LogP contribution in [0.5, 0.6) is 0 Å². The molecule has 0 spiro atoms. The topological polar surface area (TPSA) is 105 Å². The van der Waals surface area contributed by atoms with Crippen molar-refractivity contribution >= 4 is 21.5 Å². The molecule has 1 aliphatic carbocycles. The zero-order valence-corrected chi connectivity index (χ0v) is 11.5. The zero-order valence-electron chi connectivity index (χ0n) is 10.7. The molecular formula is C12H16FN3O3S. The van der Waals surface area contributed by atoms with Crippen LogP contribution in [0.25, 0.3) is 0 Å². The number of oxime groups is 1. The maximum Gasteiger partial charge on any atom is 0.235 e. The van der Waals surface area contributed by atoms with Gasteiger partial charge in [0.15, 0.2) is 5.84 Å². The number of nitrogens with zero attached hydrogens (tertiary/aromatic N) is 1. The van der Waals surface area contributed by atoms with Gasteiger partial charge in [-0.1, -0.05) is 24.1 Å². The number of hydrogen-bond donors (Lipinski definition) is 3. The number of benzene rings is 1. The molecule has 4 N–H and O–H groups in total. The summed E-state index contributed by atoms with van der Waals surface area (Å²) in [5.41, 5.74) is 5.12. The molecule has 20 heavy (non-hydrogen) atoms. The van der Waals surface area contributed by atoms with Crippen LogP contribution in [0.2, 0.25) is 0 Å². The molecule has 1 fully saturated rings. The Morgan fingerprint density at radius 2 is 2.05 bits per heavy atom. The number of hydrogen-bond acceptors (Lipinski definition) is 4. The van der Waals surface area contributed by atoms with E-state index in [0.717, 1.165) is 18.9 Å². The molecule has 0 heterocycles. The fourth-order valence-corrected chi connectivity index (χ4v) is 3.95. The van der Waals surface area contributed by atoms with Gasteiger partial charge < -0.3 is 10.9 Å². The first-order valence-corrected chi connectivity index (χ1v) is 7.78. The average Bonchev–Trinajstić information content (AvgIpc) is 2.92. The van der Waals surface area contributed by atoms with Crippen LogP contribution in [0.15, 0.2) is 23.4 Å². The average molecular weight is 301 g/mol.